The standard InChI is InChI=1S/C52H33NS2/c1-2-12-36(13-3-1)42-16-9-19-46-47-20-10-21-48(52(47)55-51(42)46)53(40-29-25-35(26-30-40)39-24-23-34-11-4-5-14-38(34)33-39)41-31-27-37(28-32-41)43-17-8-18-45-44-15-6-7-22-49(44)54-50(43)45/h1-33H. The molecule has 0 aliphatic carbocycles. The molecule has 0 spiro atoms. The van der Waals surface area contributed by atoms with Crippen LogP contribution in [-0.4, -0.2) is 0 Å². The van der Waals surface area contributed by atoms with E-state index in [9.17, 15) is 0 Å². The molecule has 0 aliphatic rings. The third kappa shape index (κ3) is 5.43. The van der Waals surface area contributed by atoms with E-state index in [1.807, 2.05) is 22.7 Å². The molecule has 0 bridgehead atoms. The Labute approximate surface area is 327 Å². The Morgan fingerprint density at radius 1 is 0.309 bits per heavy atom. The average molecular weight is 736 g/mol. The smallest absolute Gasteiger partial charge is 0.0640 e. The summed E-state index contributed by atoms with van der Waals surface area (Å²) in [5, 5.41) is 7.73. The maximum Gasteiger partial charge on any atom is 0.0640 e. The van der Waals surface area contributed by atoms with Crippen LogP contribution >= 0.6 is 22.7 Å². The first-order valence-corrected chi connectivity index (χ1v) is 20.3. The quantitative estimate of drug-likeness (QED) is 0.164. The van der Waals surface area contributed by atoms with E-state index in [4.69, 9.17) is 0 Å². The van der Waals surface area contributed by atoms with Gasteiger partial charge in [0.15, 0.2) is 0 Å². The van der Waals surface area contributed by atoms with E-state index in [0.29, 0.717) is 0 Å². The van der Waals surface area contributed by atoms with Crippen LogP contribution < -0.4 is 4.90 Å². The topological polar surface area (TPSA) is 3.24 Å². The van der Waals surface area contributed by atoms with Crippen molar-refractivity contribution in [3.8, 4) is 33.4 Å². The zero-order valence-electron chi connectivity index (χ0n) is 29.8. The van der Waals surface area contributed by atoms with Crippen molar-refractivity contribution in [3.63, 3.8) is 0 Å². The highest BCUT2D eigenvalue weighted by Gasteiger charge is 2.20. The maximum absolute atomic E-state index is 2.44. The van der Waals surface area contributed by atoms with Gasteiger partial charge in [-0.05, 0) is 86.6 Å². The second-order valence-electron chi connectivity index (χ2n) is 14.1. The number of hydrogen-bond acceptors (Lipinski definition) is 3. The van der Waals surface area contributed by atoms with Crippen LogP contribution in [-0.2, 0) is 0 Å². The minimum atomic E-state index is 1.12. The Kier molecular flexibility index (Phi) is 7.61. The van der Waals surface area contributed by atoms with E-state index < -0.39 is 0 Å². The second kappa shape index (κ2) is 13.1. The molecule has 0 saturated carbocycles. The third-order valence-electron chi connectivity index (χ3n) is 10.9. The molecule has 2 heterocycles. The van der Waals surface area contributed by atoms with Crippen molar-refractivity contribution in [2.75, 3.05) is 4.90 Å². The van der Waals surface area contributed by atoms with Crippen LogP contribution in [0.1, 0.15) is 0 Å². The van der Waals surface area contributed by atoms with Crippen molar-refractivity contribution >= 4 is 90.9 Å². The van der Waals surface area contributed by atoms with Crippen LogP contribution in [0, 0.1) is 0 Å². The summed E-state index contributed by atoms with van der Waals surface area (Å²) in [5.74, 6) is 0. The summed E-state index contributed by atoms with van der Waals surface area (Å²) >= 11 is 3.77. The number of nitrogens with zero attached hydrogens (tertiary/aromatic N) is 1. The highest BCUT2D eigenvalue weighted by molar-refractivity contribution is 7.27. The van der Waals surface area contributed by atoms with E-state index in [1.54, 1.807) is 0 Å². The summed E-state index contributed by atoms with van der Waals surface area (Å²) in [7, 11) is 0. The monoisotopic (exact) mass is 735 g/mol. The van der Waals surface area contributed by atoms with Crippen LogP contribution in [0.25, 0.3) is 84.5 Å². The first kappa shape index (κ1) is 32.0. The Balaban J connectivity index is 1.07. The van der Waals surface area contributed by atoms with Crippen molar-refractivity contribution in [2.24, 2.45) is 0 Å². The molecule has 3 heteroatoms. The molecule has 0 radical (unpaired) electrons. The van der Waals surface area contributed by atoms with E-state index >= 15 is 0 Å². The zero-order chi connectivity index (χ0) is 36.3. The third-order valence-corrected chi connectivity index (χ3v) is 13.4. The summed E-state index contributed by atoms with van der Waals surface area (Å²) in [5.41, 5.74) is 10.9. The van der Waals surface area contributed by atoms with Gasteiger partial charge in [-0.1, -0.05) is 158 Å². The Morgan fingerprint density at radius 2 is 0.836 bits per heavy atom. The summed E-state index contributed by atoms with van der Waals surface area (Å²) in [6.45, 7) is 0. The van der Waals surface area contributed by atoms with Crippen molar-refractivity contribution in [3.05, 3.63) is 200 Å². The Morgan fingerprint density at radius 3 is 1.58 bits per heavy atom. The van der Waals surface area contributed by atoms with Crippen molar-refractivity contribution < 1.29 is 0 Å². The van der Waals surface area contributed by atoms with Crippen LogP contribution in [0.5, 0.6) is 0 Å². The molecule has 0 amide bonds. The van der Waals surface area contributed by atoms with Gasteiger partial charge in [0, 0.05) is 47.0 Å². The van der Waals surface area contributed by atoms with E-state index in [1.165, 1.54) is 90.2 Å². The number of anilines is 3. The molecular weight excluding hydrogens is 703 g/mol. The number of benzene rings is 9. The van der Waals surface area contributed by atoms with Gasteiger partial charge in [0.2, 0.25) is 0 Å². The normalized spacial score (nSPS) is 11.6. The molecule has 0 saturated heterocycles. The molecule has 11 rings (SSSR count). The van der Waals surface area contributed by atoms with Crippen LogP contribution in [0.4, 0.5) is 17.1 Å². The van der Waals surface area contributed by atoms with Gasteiger partial charge in [-0.2, -0.15) is 0 Å². The van der Waals surface area contributed by atoms with E-state index in [0.717, 1.165) is 11.4 Å². The zero-order valence-corrected chi connectivity index (χ0v) is 31.4. The molecule has 11 aromatic rings. The number of hydrogen-bond donors (Lipinski definition) is 0. The predicted molar refractivity (Wildman–Crippen MR) is 241 cm³/mol. The summed E-state index contributed by atoms with van der Waals surface area (Å²) in [6, 6.07) is 73.3. The molecule has 0 atom stereocenters. The molecular formula is C52H33NS2. The largest absolute Gasteiger partial charge is 0.309 e. The summed E-state index contributed by atoms with van der Waals surface area (Å²) in [6.07, 6.45) is 0. The maximum atomic E-state index is 2.44. The molecule has 1 nitrogen and oxygen atoms in total. The fraction of sp³-hybridized carbons (Fsp3) is 0. The molecule has 0 aliphatic heterocycles. The fourth-order valence-electron chi connectivity index (χ4n) is 8.19. The van der Waals surface area contributed by atoms with Crippen LogP contribution in [0.15, 0.2) is 200 Å². The molecule has 0 unspecified atom stereocenters. The number of fused-ring (bicyclic) bond motifs is 7. The van der Waals surface area contributed by atoms with Gasteiger partial charge < -0.3 is 4.90 Å². The number of thiophene rings is 2. The molecule has 55 heavy (non-hydrogen) atoms. The minimum Gasteiger partial charge on any atom is -0.309 e. The van der Waals surface area contributed by atoms with Crippen LogP contribution in [0.3, 0.4) is 0 Å². The van der Waals surface area contributed by atoms with Gasteiger partial charge in [-0.25, -0.2) is 0 Å². The lowest BCUT2D eigenvalue weighted by molar-refractivity contribution is 1.30. The second-order valence-corrected chi connectivity index (χ2v) is 16.1. The first-order chi connectivity index (χ1) is 27.3. The summed E-state index contributed by atoms with van der Waals surface area (Å²) < 4.78 is 5.25. The lowest BCUT2D eigenvalue weighted by atomic mass is 10.0. The van der Waals surface area contributed by atoms with E-state index in [-0.39, 0.29) is 0 Å². The molecule has 9 aromatic carbocycles. The van der Waals surface area contributed by atoms with Gasteiger partial charge in [0.25, 0.3) is 0 Å². The fourth-order valence-corrected chi connectivity index (χ4v) is 10.8. The first-order valence-electron chi connectivity index (χ1n) is 18.7. The van der Waals surface area contributed by atoms with Crippen molar-refractivity contribution in [2.45, 2.75) is 0 Å². The molecule has 0 N–H and O–H groups in total. The average Bonchev–Trinajstić information content (AvgIpc) is 3.84. The van der Waals surface area contributed by atoms with E-state index in [2.05, 4.69) is 205 Å². The van der Waals surface area contributed by atoms with Gasteiger partial charge >= 0.3 is 0 Å². The Hall–Kier alpha value is -6.52. The van der Waals surface area contributed by atoms with Crippen molar-refractivity contribution in [1.29, 1.82) is 0 Å². The minimum absolute atomic E-state index is 1.12. The highest BCUT2D eigenvalue weighted by Crippen LogP contribution is 2.48. The van der Waals surface area contributed by atoms with Gasteiger partial charge in [0.1, 0.15) is 0 Å². The number of rotatable bonds is 6. The summed E-state index contributed by atoms with van der Waals surface area (Å²) in [4.78, 5) is 2.44. The predicted octanol–water partition coefficient (Wildman–Crippen LogP) is 16.0. The van der Waals surface area contributed by atoms with Crippen molar-refractivity contribution in [1.82, 2.24) is 0 Å². The molecule has 258 valence electrons. The van der Waals surface area contributed by atoms with Gasteiger partial charge in [-0.15, -0.1) is 22.7 Å². The molecule has 2 aromatic heterocycles. The Bertz CT molecular complexity index is 3190. The van der Waals surface area contributed by atoms with Gasteiger partial charge in [-0.3, -0.25) is 0 Å². The lowest BCUT2D eigenvalue weighted by Crippen LogP contribution is -2.10. The SMILES string of the molecule is c1ccc(-c2cccc3c2sc2c(N(c4ccc(-c5ccc6ccccc6c5)cc4)c4ccc(-c5cccc6c5sc5ccccc56)cc4)cccc23)cc1. The van der Waals surface area contributed by atoms with Gasteiger partial charge in [0.05, 0.1) is 10.4 Å². The highest BCUT2D eigenvalue weighted by atomic mass is 32.1. The van der Waals surface area contributed by atoms with Crippen LogP contribution in [0.2, 0.25) is 0 Å². The molecule has 0 fully saturated rings. The lowest BCUT2D eigenvalue weighted by Gasteiger charge is -2.26.